The lowest BCUT2D eigenvalue weighted by Crippen LogP contribution is -2.35. The first-order valence-corrected chi connectivity index (χ1v) is 6.21. The third kappa shape index (κ3) is 2.56. The zero-order valence-electron chi connectivity index (χ0n) is 10.8. The molecular weight excluding hydrogens is 234 g/mol. The second-order valence-electron chi connectivity index (χ2n) is 4.60. The van der Waals surface area contributed by atoms with Crippen LogP contribution in [0.1, 0.15) is 18.1 Å². The molecule has 0 amide bonds. The van der Waals surface area contributed by atoms with Gasteiger partial charge in [0.2, 0.25) is 0 Å². The van der Waals surface area contributed by atoms with Crippen LogP contribution in [0.3, 0.4) is 0 Å². The monoisotopic (exact) mass is 249 g/mol. The molecule has 0 aliphatic rings. The molecule has 2 nitrogen and oxygen atoms in total. The fourth-order valence-corrected chi connectivity index (χ4v) is 2.24. The number of Topliss-reactive ketones (excluding diaryl/α,β-unsaturated/α-hetero) is 1. The lowest BCUT2D eigenvalue weighted by atomic mass is 9.74. The number of carbonyl (C=O) groups excluding carboxylic acids is 1. The Labute approximate surface area is 113 Å². The summed E-state index contributed by atoms with van der Waals surface area (Å²) in [5, 5.41) is 9.59. The second-order valence-corrected chi connectivity index (χ2v) is 4.60. The summed E-state index contributed by atoms with van der Waals surface area (Å²) in [5.74, 6) is -0.120. The first-order chi connectivity index (χ1) is 9.19. The molecule has 94 valence electrons. The predicted molar refractivity (Wildman–Crippen MR) is 74.6 cm³/mol. The van der Waals surface area contributed by atoms with Crippen molar-refractivity contribution in [1.29, 1.82) is 5.26 Å². The normalized spacial score (nSPS) is 13.3. The van der Waals surface area contributed by atoms with Gasteiger partial charge in [-0.1, -0.05) is 60.7 Å². The summed E-state index contributed by atoms with van der Waals surface area (Å²) < 4.78 is 0. The van der Waals surface area contributed by atoms with Crippen LogP contribution in [0.4, 0.5) is 0 Å². The number of rotatable bonds is 4. The fraction of sp³-hybridized carbons (Fsp3) is 0.176. The van der Waals surface area contributed by atoms with Crippen LogP contribution in [0.25, 0.3) is 0 Å². The van der Waals surface area contributed by atoms with Crippen molar-refractivity contribution in [1.82, 2.24) is 0 Å². The van der Waals surface area contributed by atoms with Crippen molar-refractivity contribution in [3.8, 4) is 6.07 Å². The largest absolute Gasteiger partial charge is 0.298 e. The van der Waals surface area contributed by atoms with Gasteiger partial charge in [0.05, 0.1) is 6.07 Å². The van der Waals surface area contributed by atoms with Crippen LogP contribution < -0.4 is 0 Å². The summed E-state index contributed by atoms with van der Waals surface area (Å²) in [6.07, 6.45) is 0.406. The number of hydrogen-bond donors (Lipinski definition) is 0. The van der Waals surface area contributed by atoms with E-state index in [1.807, 2.05) is 60.7 Å². The van der Waals surface area contributed by atoms with E-state index in [9.17, 15) is 10.1 Å². The van der Waals surface area contributed by atoms with Crippen LogP contribution in [0, 0.1) is 11.3 Å². The standard InChI is InChI=1S/C17H15NO/c1-14(19)17(13-18,16-10-6-3-7-11-16)12-15-8-4-2-5-9-15/h2-11H,12H2,1H3/t17-/m0/s1. The zero-order chi connectivity index (χ0) is 13.7. The van der Waals surface area contributed by atoms with Gasteiger partial charge in [-0.25, -0.2) is 0 Å². The van der Waals surface area contributed by atoms with E-state index in [0.29, 0.717) is 6.42 Å². The molecule has 0 aromatic heterocycles. The van der Waals surface area contributed by atoms with Gasteiger partial charge in [-0.15, -0.1) is 0 Å². The maximum absolute atomic E-state index is 12.1. The highest BCUT2D eigenvalue weighted by atomic mass is 16.1. The number of nitrogens with zero attached hydrogens (tertiary/aromatic N) is 1. The van der Waals surface area contributed by atoms with Crippen LogP contribution in [0.2, 0.25) is 0 Å². The highest BCUT2D eigenvalue weighted by molar-refractivity contribution is 5.91. The van der Waals surface area contributed by atoms with Crippen LogP contribution in [0.15, 0.2) is 60.7 Å². The quantitative estimate of drug-likeness (QED) is 0.834. The van der Waals surface area contributed by atoms with Crippen molar-refractivity contribution < 1.29 is 4.79 Å². The average molecular weight is 249 g/mol. The van der Waals surface area contributed by atoms with E-state index >= 15 is 0 Å². The molecule has 2 heteroatoms. The topological polar surface area (TPSA) is 40.9 Å². The molecule has 0 radical (unpaired) electrons. The highest BCUT2D eigenvalue weighted by Crippen LogP contribution is 2.29. The first-order valence-electron chi connectivity index (χ1n) is 6.21. The second kappa shape index (κ2) is 5.49. The van der Waals surface area contributed by atoms with E-state index in [4.69, 9.17) is 0 Å². The summed E-state index contributed by atoms with van der Waals surface area (Å²) in [6.45, 7) is 1.49. The minimum atomic E-state index is -1.09. The Hall–Kier alpha value is -2.40. The van der Waals surface area contributed by atoms with Gasteiger partial charge in [0.15, 0.2) is 5.78 Å². The lowest BCUT2D eigenvalue weighted by Gasteiger charge is -2.24. The van der Waals surface area contributed by atoms with Crippen LogP contribution in [-0.4, -0.2) is 5.78 Å². The zero-order valence-corrected chi connectivity index (χ0v) is 10.8. The average Bonchev–Trinajstić information content (AvgIpc) is 2.46. The van der Waals surface area contributed by atoms with E-state index in [-0.39, 0.29) is 5.78 Å². The van der Waals surface area contributed by atoms with Gasteiger partial charge < -0.3 is 0 Å². The van der Waals surface area contributed by atoms with E-state index in [0.717, 1.165) is 11.1 Å². The van der Waals surface area contributed by atoms with Gasteiger partial charge >= 0.3 is 0 Å². The van der Waals surface area contributed by atoms with E-state index in [1.54, 1.807) is 0 Å². The SMILES string of the molecule is CC(=O)[C@@](C#N)(Cc1ccccc1)c1ccccc1. The van der Waals surface area contributed by atoms with Gasteiger partial charge in [-0.3, -0.25) is 4.79 Å². The molecular formula is C17H15NO. The molecule has 0 N–H and O–H groups in total. The maximum Gasteiger partial charge on any atom is 0.154 e. The van der Waals surface area contributed by atoms with Crippen LogP contribution in [-0.2, 0) is 16.6 Å². The Kier molecular flexibility index (Phi) is 3.77. The Balaban J connectivity index is 2.48. The molecule has 0 unspecified atom stereocenters. The Morgan fingerprint density at radius 1 is 1.05 bits per heavy atom. The van der Waals surface area contributed by atoms with Crippen molar-refractivity contribution >= 4 is 5.78 Å². The highest BCUT2D eigenvalue weighted by Gasteiger charge is 2.37. The lowest BCUT2D eigenvalue weighted by molar-refractivity contribution is -0.120. The fourth-order valence-electron chi connectivity index (χ4n) is 2.24. The molecule has 0 saturated carbocycles. The molecule has 2 rings (SSSR count). The molecule has 2 aromatic carbocycles. The van der Waals surface area contributed by atoms with Crippen molar-refractivity contribution in [2.75, 3.05) is 0 Å². The molecule has 0 saturated heterocycles. The minimum absolute atomic E-state index is 0.120. The van der Waals surface area contributed by atoms with Gasteiger partial charge in [0.1, 0.15) is 5.41 Å². The number of nitriles is 1. The molecule has 0 spiro atoms. The summed E-state index contributed by atoms with van der Waals surface area (Å²) in [5.41, 5.74) is 0.653. The Morgan fingerprint density at radius 3 is 2.05 bits per heavy atom. The number of benzene rings is 2. The molecule has 0 fully saturated rings. The van der Waals surface area contributed by atoms with E-state index in [1.165, 1.54) is 6.92 Å². The van der Waals surface area contributed by atoms with E-state index in [2.05, 4.69) is 6.07 Å². The molecule has 0 heterocycles. The molecule has 0 aliphatic carbocycles. The first kappa shape index (κ1) is 13.0. The smallest absolute Gasteiger partial charge is 0.154 e. The Morgan fingerprint density at radius 2 is 1.58 bits per heavy atom. The van der Waals surface area contributed by atoms with Crippen molar-refractivity contribution in [2.24, 2.45) is 0 Å². The number of hydrogen-bond acceptors (Lipinski definition) is 2. The van der Waals surface area contributed by atoms with Gasteiger partial charge in [0.25, 0.3) is 0 Å². The third-order valence-electron chi connectivity index (χ3n) is 3.37. The summed E-state index contributed by atoms with van der Waals surface area (Å²) in [7, 11) is 0. The van der Waals surface area contributed by atoms with Crippen molar-refractivity contribution in [3.63, 3.8) is 0 Å². The summed E-state index contributed by atoms with van der Waals surface area (Å²) >= 11 is 0. The predicted octanol–water partition coefficient (Wildman–Crippen LogP) is 3.28. The molecule has 19 heavy (non-hydrogen) atoms. The third-order valence-corrected chi connectivity index (χ3v) is 3.37. The molecule has 0 bridgehead atoms. The Bertz CT molecular complexity index is 598. The number of carbonyl (C=O) groups is 1. The van der Waals surface area contributed by atoms with Crippen LogP contribution >= 0.6 is 0 Å². The van der Waals surface area contributed by atoms with Gasteiger partial charge in [-0.05, 0) is 18.1 Å². The van der Waals surface area contributed by atoms with Crippen LogP contribution in [0.5, 0.6) is 0 Å². The maximum atomic E-state index is 12.1. The van der Waals surface area contributed by atoms with Gasteiger partial charge in [0, 0.05) is 6.42 Å². The summed E-state index contributed by atoms with van der Waals surface area (Å²) in [4.78, 5) is 12.1. The summed E-state index contributed by atoms with van der Waals surface area (Å²) in [6, 6.07) is 21.2. The number of ketones is 1. The molecule has 0 aliphatic heterocycles. The van der Waals surface area contributed by atoms with Gasteiger partial charge in [-0.2, -0.15) is 5.26 Å². The van der Waals surface area contributed by atoms with Crippen molar-refractivity contribution in [3.05, 3.63) is 71.8 Å². The molecule has 2 aromatic rings. The minimum Gasteiger partial charge on any atom is -0.298 e. The van der Waals surface area contributed by atoms with Crippen molar-refractivity contribution in [2.45, 2.75) is 18.8 Å². The van der Waals surface area contributed by atoms with E-state index < -0.39 is 5.41 Å². The molecule has 1 atom stereocenters.